The summed E-state index contributed by atoms with van der Waals surface area (Å²) in [6.07, 6.45) is 1.99. The third-order valence-corrected chi connectivity index (χ3v) is 6.50. The van der Waals surface area contributed by atoms with Crippen LogP contribution in [0.15, 0.2) is 103 Å². The molecule has 0 atom stereocenters. The predicted octanol–water partition coefficient (Wildman–Crippen LogP) is 7.09. The molecule has 0 saturated carbocycles. The largest absolute Gasteiger partial charge is 0.361 e. The highest BCUT2D eigenvalue weighted by molar-refractivity contribution is 6.20. The first-order chi connectivity index (χ1) is 17.3. The monoisotopic (exact) mass is 451 g/mol. The summed E-state index contributed by atoms with van der Waals surface area (Å²) in [6.45, 7) is 2.13. The minimum absolute atomic E-state index is 0.608. The van der Waals surface area contributed by atoms with Crippen LogP contribution >= 0.6 is 0 Å². The molecule has 7 aromatic rings. The molecule has 4 aromatic carbocycles. The SMILES string of the molecule is Cc1ccc2c(c1)c1c3cc[nH]c3ccc1n2-c1nc(-c2ccccc2)nc(-c2ccccc2)n1. The van der Waals surface area contributed by atoms with Crippen molar-refractivity contribution < 1.29 is 0 Å². The Labute approximate surface area is 201 Å². The summed E-state index contributed by atoms with van der Waals surface area (Å²) in [5.74, 6) is 1.91. The van der Waals surface area contributed by atoms with Crippen LogP contribution in [0.2, 0.25) is 0 Å². The minimum atomic E-state index is 0.608. The van der Waals surface area contributed by atoms with E-state index in [-0.39, 0.29) is 0 Å². The van der Waals surface area contributed by atoms with Crippen LogP contribution in [0.4, 0.5) is 0 Å². The topological polar surface area (TPSA) is 59.4 Å². The van der Waals surface area contributed by atoms with Gasteiger partial charge in [0.2, 0.25) is 5.95 Å². The summed E-state index contributed by atoms with van der Waals surface area (Å²) >= 11 is 0. The molecule has 0 unspecified atom stereocenters. The molecule has 0 radical (unpaired) electrons. The van der Waals surface area contributed by atoms with Gasteiger partial charge in [0.25, 0.3) is 0 Å². The van der Waals surface area contributed by atoms with Crippen LogP contribution in [0.1, 0.15) is 5.56 Å². The average molecular weight is 452 g/mol. The first kappa shape index (κ1) is 19.7. The third kappa shape index (κ3) is 3.13. The molecular formula is C30H21N5. The molecule has 3 aromatic heterocycles. The molecule has 0 aliphatic carbocycles. The molecule has 5 nitrogen and oxygen atoms in total. The average Bonchev–Trinajstić information content (AvgIpc) is 3.51. The standard InChI is InChI=1S/C30H21N5/c1-19-12-14-25-23(18-19)27-22-16-17-31-24(22)13-15-26(27)35(25)30-33-28(20-8-4-2-5-9-20)32-29(34-30)21-10-6-3-7-11-21/h2-18,31H,1H3. The van der Waals surface area contributed by atoms with Crippen LogP contribution in [0.5, 0.6) is 0 Å². The lowest BCUT2D eigenvalue weighted by molar-refractivity contribution is 0.953. The van der Waals surface area contributed by atoms with E-state index in [1.807, 2.05) is 66.9 Å². The van der Waals surface area contributed by atoms with Crippen molar-refractivity contribution >= 4 is 32.7 Å². The van der Waals surface area contributed by atoms with Gasteiger partial charge < -0.3 is 4.98 Å². The highest BCUT2D eigenvalue weighted by atomic mass is 15.2. The fourth-order valence-corrected chi connectivity index (χ4v) is 4.88. The summed E-state index contributed by atoms with van der Waals surface area (Å²) in [5.41, 5.74) is 6.39. The van der Waals surface area contributed by atoms with Gasteiger partial charge in [0.15, 0.2) is 11.6 Å². The maximum absolute atomic E-state index is 4.99. The summed E-state index contributed by atoms with van der Waals surface area (Å²) in [5, 5.41) is 3.58. The lowest BCUT2D eigenvalue weighted by atomic mass is 10.1. The van der Waals surface area contributed by atoms with Crippen LogP contribution in [0.25, 0.3) is 61.4 Å². The van der Waals surface area contributed by atoms with E-state index in [9.17, 15) is 0 Å². The van der Waals surface area contributed by atoms with Gasteiger partial charge in [0.05, 0.1) is 11.0 Å². The fraction of sp³-hybridized carbons (Fsp3) is 0.0333. The van der Waals surface area contributed by atoms with Crippen LogP contribution in [0, 0.1) is 6.92 Å². The highest BCUT2D eigenvalue weighted by Crippen LogP contribution is 2.37. The maximum atomic E-state index is 4.99. The second kappa shape index (κ2) is 7.64. The van der Waals surface area contributed by atoms with Gasteiger partial charge in [-0.1, -0.05) is 72.3 Å². The number of hydrogen-bond donors (Lipinski definition) is 1. The Bertz CT molecular complexity index is 1790. The normalized spacial score (nSPS) is 11.6. The molecule has 0 saturated heterocycles. The van der Waals surface area contributed by atoms with Crippen LogP contribution in [-0.4, -0.2) is 24.5 Å². The van der Waals surface area contributed by atoms with Crippen molar-refractivity contribution in [2.75, 3.05) is 0 Å². The number of hydrogen-bond acceptors (Lipinski definition) is 3. The van der Waals surface area contributed by atoms with Crippen LogP contribution in [0.3, 0.4) is 0 Å². The Morgan fingerprint density at radius 1 is 0.629 bits per heavy atom. The van der Waals surface area contributed by atoms with E-state index >= 15 is 0 Å². The molecule has 7 rings (SSSR count). The summed E-state index contributed by atoms with van der Waals surface area (Å²) < 4.78 is 2.16. The van der Waals surface area contributed by atoms with E-state index in [4.69, 9.17) is 15.0 Å². The molecule has 0 amide bonds. The van der Waals surface area contributed by atoms with Gasteiger partial charge in [-0.05, 0) is 37.3 Å². The summed E-state index contributed by atoms with van der Waals surface area (Å²) in [6, 6.07) is 33.1. The molecule has 0 aliphatic heterocycles. The number of rotatable bonds is 3. The molecule has 166 valence electrons. The van der Waals surface area contributed by atoms with E-state index in [2.05, 4.69) is 52.9 Å². The number of benzene rings is 4. The van der Waals surface area contributed by atoms with Gasteiger partial charge in [0, 0.05) is 39.0 Å². The van der Waals surface area contributed by atoms with E-state index in [1.165, 1.54) is 21.7 Å². The molecular weight excluding hydrogens is 430 g/mol. The van der Waals surface area contributed by atoms with Crippen molar-refractivity contribution in [2.45, 2.75) is 6.92 Å². The van der Waals surface area contributed by atoms with Crippen LogP contribution < -0.4 is 0 Å². The molecule has 5 heteroatoms. The Balaban J connectivity index is 1.60. The van der Waals surface area contributed by atoms with Gasteiger partial charge in [-0.3, -0.25) is 4.57 Å². The Morgan fingerprint density at radius 3 is 1.97 bits per heavy atom. The second-order valence-electron chi connectivity index (χ2n) is 8.77. The van der Waals surface area contributed by atoms with Gasteiger partial charge in [0.1, 0.15) is 0 Å². The van der Waals surface area contributed by atoms with Gasteiger partial charge in [-0.25, -0.2) is 4.98 Å². The third-order valence-electron chi connectivity index (χ3n) is 6.50. The van der Waals surface area contributed by atoms with Gasteiger partial charge in [-0.2, -0.15) is 9.97 Å². The van der Waals surface area contributed by atoms with E-state index in [1.54, 1.807) is 0 Å². The highest BCUT2D eigenvalue weighted by Gasteiger charge is 2.19. The van der Waals surface area contributed by atoms with Gasteiger partial charge >= 0.3 is 0 Å². The summed E-state index contributed by atoms with van der Waals surface area (Å²) in [4.78, 5) is 18.2. The Kier molecular flexibility index (Phi) is 4.29. The molecule has 1 N–H and O–H groups in total. The minimum Gasteiger partial charge on any atom is -0.361 e. The zero-order chi connectivity index (χ0) is 23.4. The molecule has 0 spiro atoms. The van der Waals surface area contributed by atoms with Crippen molar-refractivity contribution in [3.8, 4) is 28.7 Å². The van der Waals surface area contributed by atoms with Gasteiger partial charge in [-0.15, -0.1) is 0 Å². The summed E-state index contributed by atoms with van der Waals surface area (Å²) in [7, 11) is 0. The first-order valence-corrected chi connectivity index (χ1v) is 11.6. The van der Waals surface area contributed by atoms with Crippen molar-refractivity contribution in [3.05, 3.63) is 109 Å². The number of aromatic amines is 1. The molecule has 3 heterocycles. The fourth-order valence-electron chi connectivity index (χ4n) is 4.88. The Hall–Kier alpha value is -4.77. The molecule has 35 heavy (non-hydrogen) atoms. The lowest BCUT2D eigenvalue weighted by Crippen LogP contribution is -2.06. The van der Waals surface area contributed by atoms with Crippen molar-refractivity contribution in [1.82, 2.24) is 24.5 Å². The number of aryl methyl sites for hydroxylation is 1. The van der Waals surface area contributed by atoms with Crippen molar-refractivity contribution in [2.24, 2.45) is 0 Å². The zero-order valence-electron chi connectivity index (χ0n) is 19.1. The van der Waals surface area contributed by atoms with Crippen LogP contribution in [-0.2, 0) is 0 Å². The number of nitrogens with one attached hydrogen (secondary N) is 1. The molecule has 0 aliphatic rings. The molecule has 0 fully saturated rings. The predicted molar refractivity (Wildman–Crippen MR) is 142 cm³/mol. The van der Waals surface area contributed by atoms with E-state index < -0.39 is 0 Å². The van der Waals surface area contributed by atoms with Crippen molar-refractivity contribution in [3.63, 3.8) is 0 Å². The van der Waals surface area contributed by atoms with E-state index in [0.29, 0.717) is 17.6 Å². The first-order valence-electron chi connectivity index (χ1n) is 11.6. The Morgan fingerprint density at radius 2 is 1.29 bits per heavy atom. The van der Waals surface area contributed by atoms with Crippen molar-refractivity contribution in [1.29, 1.82) is 0 Å². The lowest BCUT2D eigenvalue weighted by Gasteiger charge is -2.11. The number of H-pyrrole nitrogens is 1. The zero-order valence-corrected chi connectivity index (χ0v) is 19.1. The smallest absolute Gasteiger partial charge is 0.238 e. The number of aromatic nitrogens is 5. The number of fused-ring (bicyclic) bond motifs is 5. The second-order valence-corrected chi connectivity index (χ2v) is 8.77. The maximum Gasteiger partial charge on any atom is 0.238 e. The quantitative estimate of drug-likeness (QED) is 0.312. The molecule has 0 bridgehead atoms. The van der Waals surface area contributed by atoms with E-state index in [0.717, 1.165) is 27.7 Å². The number of nitrogens with zero attached hydrogens (tertiary/aromatic N) is 4.